The molecular formula is C13H17BFN3. The van der Waals surface area contributed by atoms with Crippen molar-refractivity contribution in [3.63, 3.8) is 0 Å². The molecule has 0 amide bonds. The van der Waals surface area contributed by atoms with Crippen molar-refractivity contribution in [3.8, 4) is 0 Å². The number of hydrogen-bond acceptors (Lipinski definition) is 3. The lowest BCUT2D eigenvalue weighted by molar-refractivity contribution is 0.221. The standard InChI is InChI=1S/C13H17BFN3/c1-8-17-13-11(15)6-9(14)7-12(13)18(8)10-2-4-16-5-3-10/h6-7,10,12-13,16H,2-5H2,1H3. The SMILES string of the molecule is [B]C1=CC2C(N=C(C)N2C2CCNCC2)C(F)=C1. The Balaban J connectivity index is 1.87. The molecule has 0 aromatic heterocycles. The second-order valence-corrected chi connectivity index (χ2v) is 5.20. The van der Waals surface area contributed by atoms with Crippen LogP contribution in [-0.4, -0.2) is 49.8 Å². The highest BCUT2D eigenvalue weighted by atomic mass is 19.1. The van der Waals surface area contributed by atoms with E-state index in [1.54, 1.807) is 0 Å². The molecule has 1 N–H and O–H groups in total. The normalized spacial score (nSPS) is 32.8. The molecule has 0 spiro atoms. The van der Waals surface area contributed by atoms with E-state index < -0.39 is 0 Å². The second kappa shape index (κ2) is 4.54. The lowest BCUT2D eigenvalue weighted by Gasteiger charge is -2.38. The van der Waals surface area contributed by atoms with Crippen molar-refractivity contribution in [3.05, 3.63) is 23.5 Å². The van der Waals surface area contributed by atoms with Crippen LogP contribution < -0.4 is 5.32 Å². The van der Waals surface area contributed by atoms with Crippen LogP contribution in [-0.2, 0) is 0 Å². The van der Waals surface area contributed by atoms with Gasteiger partial charge in [-0.25, -0.2) is 4.39 Å². The zero-order chi connectivity index (χ0) is 12.7. The summed E-state index contributed by atoms with van der Waals surface area (Å²) < 4.78 is 13.9. The van der Waals surface area contributed by atoms with Gasteiger partial charge in [-0.05, 0) is 38.9 Å². The number of hydrogen-bond donors (Lipinski definition) is 1. The van der Waals surface area contributed by atoms with E-state index in [0.717, 1.165) is 31.8 Å². The third-order valence-corrected chi connectivity index (χ3v) is 4.00. The lowest BCUT2D eigenvalue weighted by Crippen LogP contribution is -2.49. The number of fused-ring (bicyclic) bond motifs is 1. The van der Waals surface area contributed by atoms with E-state index in [2.05, 4.69) is 15.2 Å². The van der Waals surface area contributed by atoms with Crippen molar-refractivity contribution in [2.24, 2.45) is 4.99 Å². The summed E-state index contributed by atoms with van der Waals surface area (Å²) in [4.78, 5) is 6.72. The summed E-state index contributed by atoms with van der Waals surface area (Å²) in [5, 5.41) is 3.35. The van der Waals surface area contributed by atoms with Crippen molar-refractivity contribution in [2.45, 2.75) is 37.9 Å². The average Bonchev–Trinajstić information content (AvgIpc) is 2.67. The molecule has 2 aliphatic heterocycles. The number of amidine groups is 1. The summed E-state index contributed by atoms with van der Waals surface area (Å²) in [6, 6.07) is 0.0326. The van der Waals surface area contributed by atoms with Crippen LogP contribution in [0.4, 0.5) is 4.39 Å². The minimum atomic E-state index is -0.382. The Kier molecular flexibility index (Phi) is 3.02. The first-order valence-corrected chi connectivity index (χ1v) is 6.54. The fourth-order valence-electron chi connectivity index (χ4n) is 3.19. The first-order valence-electron chi connectivity index (χ1n) is 6.54. The number of halogens is 1. The number of rotatable bonds is 1. The molecule has 5 heteroatoms. The van der Waals surface area contributed by atoms with Gasteiger partial charge >= 0.3 is 0 Å². The van der Waals surface area contributed by atoms with Crippen LogP contribution in [0.15, 0.2) is 28.4 Å². The van der Waals surface area contributed by atoms with Crippen molar-refractivity contribution in [1.29, 1.82) is 0 Å². The highest BCUT2D eigenvalue weighted by Gasteiger charge is 2.40. The molecule has 3 aliphatic rings. The average molecular weight is 245 g/mol. The quantitative estimate of drug-likeness (QED) is 0.701. The Labute approximate surface area is 108 Å². The third-order valence-electron chi connectivity index (χ3n) is 4.00. The Morgan fingerprint density at radius 3 is 2.89 bits per heavy atom. The molecule has 3 rings (SSSR count). The molecule has 0 aromatic carbocycles. The van der Waals surface area contributed by atoms with Crippen LogP contribution in [0.5, 0.6) is 0 Å². The number of allylic oxidation sites excluding steroid dienone is 2. The summed E-state index contributed by atoms with van der Waals surface area (Å²) in [5.41, 5.74) is 0.512. The maximum absolute atomic E-state index is 13.9. The van der Waals surface area contributed by atoms with Crippen LogP contribution in [0.1, 0.15) is 19.8 Å². The monoisotopic (exact) mass is 245 g/mol. The molecular weight excluding hydrogens is 228 g/mol. The second-order valence-electron chi connectivity index (χ2n) is 5.20. The largest absolute Gasteiger partial charge is 0.348 e. The zero-order valence-corrected chi connectivity index (χ0v) is 10.6. The van der Waals surface area contributed by atoms with Gasteiger partial charge in [-0.15, -0.1) is 0 Å². The Morgan fingerprint density at radius 2 is 2.17 bits per heavy atom. The van der Waals surface area contributed by atoms with Crippen LogP contribution in [0.3, 0.4) is 0 Å². The van der Waals surface area contributed by atoms with Crippen LogP contribution in [0.25, 0.3) is 0 Å². The molecule has 2 heterocycles. The van der Waals surface area contributed by atoms with Crippen LogP contribution in [0.2, 0.25) is 0 Å². The fraction of sp³-hybridized carbons (Fsp3) is 0.615. The Morgan fingerprint density at radius 1 is 1.44 bits per heavy atom. The highest BCUT2D eigenvalue weighted by Crippen LogP contribution is 2.33. The minimum Gasteiger partial charge on any atom is -0.348 e. The summed E-state index contributed by atoms with van der Waals surface area (Å²) in [5.74, 6) is 0.724. The molecule has 2 unspecified atom stereocenters. The van der Waals surface area contributed by atoms with Gasteiger partial charge in [0.1, 0.15) is 19.7 Å². The van der Waals surface area contributed by atoms with Crippen molar-refractivity contribution in [1.82, 2.24) is 10.2 Å². The van der Waals surface area contributed by atoms with E-state index in [1.165, 1.54) is 6.08 Å². The molecule has 1 saturated heterocycles. The smallest absolute Gasteiger partial charge is 0.127 e. The van der Waals surface area contributed by atoms with Gasteiger partial charge in [-0.3, -0.25) is 4.99 Å². The number of aliphatic imine (C=N–C) groups is 1. The first-order chi connectivity index (χ1) is 8.66. The summed E-state index contributed by atoms with van der Waals surface area (Å²) in [7, 11) is 5.77. The topological polar surface area (TPSA) is 27.6 Å². The van der Waals surface area contributed by atoms with E-state index in [0.29, 0.717) is 11.5 Å². The van der Waals surface area contributed by atoms with Gasteiger partial charge in [0.2, 0.25) is 0 Å². The molecule has 94 valence electrons. The first kappa shape index (κ1) is 12.0. The summed E-state index contributed by atoms with van der Waals surface area (Å²) in [6.45, 7) is 4.00. The number of nitrogens with one attached hydrogen (secondary N) is 1. The van der Waals surface area contributed by atoms with Gasteiger partial charge in [0.15, 0.2) is 0 Å². The fourth-order valence-corrected chi connectivity index (χ4v) is 3.19. The minimum absolute atomic E-state index is 0.0295. The molecule has 18 heavy (non-hydrogen) atoms. The molecule has 0 bridgehead atoms. The van der Waals surface area contributed by atoms with E-state index in [1.807, 2.05) is 13.0 Å². The van der Waals surface area contributed by atoms with Gasteiger partial charge in [0.25, 0.3) is 0 Å². The molecule has 0 aromatic rings. The predicted molar refractivity (Wildman–Crippen MR) is 71.4 cm³/mol. The number of nitrogens with zero attached hydrogens (tertiary/aromatic N) is 2. The van der Waals surface area contributed by atoms with Crippen LogP contribution >= 0.6 is 0 Å². The maximum Gasteiger partial charge on any atom is 0.127 e. The maximum atomic E-state index is 13.9. The highest BCUT2D eigenvalue weighted by molar-refractivity contribution is 6.23. The van der Waals surface area contributed by atoms with Crippen LogP contribution in [0, 0.1) is 0 Å². The number of piperidine rings is 1. The van der Waals surface area contributed by atoms with Gasteiger partial charge in [-0.2, -0.15) is 0 Å². The summed E-state index contributed by atoms with van der Waals surface area (Å²) in [6.07, 6.45) is 5.49. The predicted octanol–water partition coefficient (Wildman–Crippen LogP) is 1.13. The molecule has 3 nitrogen and oxygen atoms in total. The molecule has 2 atom stereocenters. The van der Waals surface area contributed by atoms with Gasteiger partial charge in [0, 0.05) is 6.04 Å². The molecule has 1 fully saturated rings. The Bertz CT molecular complexity index is 438. The van der Waals surface area contributed by atoms with E-state index in [-0.39, 0.29) is 17.9 Å². The van der Waals surface area contributed by atoms with E-state index in [9.17, 15) is 4.39 Å². The van der Waals surface area contributed by atoms with Gasteiger partial charge < -0.3 is 10.2 Å². The van der Waals surface area contributed by atoms with Gasteiger partial charge in [0.05, 0.1) is 11.9 Å². The Hall–Kier alpha value is -1.10. The van der Waals surface area contributed by atoms with Crippen molar-refractivity contribution < 1.29 is 4.39 Å². The molecule has 1 aliphatic carbocycles. The molecule has 2 radical (unpaired) electrons. The lowest BCUT2D eigenvalue weighted by atomic mass is 9.85. The molecule has 0 saturated carbocycles. The third kappa shape index (κ3) is 1.90. The summed E-state index contributed by atoms with van der Waals surface area (Å²) >= 11 is 0. The van der Waals surface area contributed by atoms with Crippen molar-refractivity contribution >= 4 is 13.7 Å². The zero-order valence-electron chi connectivity index (χ0n) is 10.6. The van der Waals surface area contributed by atoms with E-state index in [4.69, 9.17) is 7.85 Å². The van der Waals surface area contributed by atoms with Crippen molar-refractivity contribution in [2.75, 3.05) is 13.1 Å². The van der Waals surface area contributed by atoms with Gasteiger partial charge in [-0.1, -0.05) is 11.5 Å². The van der Waals surface area contributed by atoms with E-state index >= 15 is 0 Å².